The molecule has 0 radical (unpaired) electrons. The number of carbonyl (C=O) groups is 7. The first-order chi connectivity index (χ1) is 21.8. The van der Waals surface area contributed by atoms with Crippen LogP contribution in [0.5, 0.6) is 0 Å². The zero-order valence-corrected chi connectivity index (χ0v) is 27.5. The number of nitrogens with zero attached hydrogens (tertiary/aromatic N) is 2. The van der Waals surface area contributed by atoms with Crippen LogP contribution in [0.15, 0.2) is 24.3 Å². The highest BCUT2D eigenvalue weighted by molar-refractivity contribution is 8.09. The van der Waals surface area contributed by atoms with Crippen molar-refractivity contribution < 1.29 is 42.2 Å². The molecule has 1 saturated heterocycles. The molecule has 2 heterocycles. The average Bonchev–Trinajstić information content (AvgIpc) is 3.20. The van der Waals surface area contributed by atoms with Crippen LogP contribution in [0.25, 0.3) is 0 Å². The number of nitrogens with two attached hydrogens (primary N) is 1. The number of hydrogen-bond donors (Lipinski definition) is 4. The molecule has 6 amide bonds. The van der Waals surface area contributed by atoms with Crippen LogP contribution in [-0.4, -0.2) is 107 Å². The SMILES string of the molecule is CC(=O)NC(CC(=O)S[N+]1(CCCCC(=O)N[C@@H](CC(C)C)C(=O)NCCN2CCOCC2)C(=O)c2ccccc2C1=O)C(N)=O. The molecule has 1 aromatic carbocycles. The van der Waals surface area contributed by atoms with Crippen molar-refractivity contribution in [3.05, 3.63) is 35.4 Å². The summed E-state index contributed by atoms with van der Waals surface area (Å²) in [4.78, 5) is 91.6. The maximum atomic E-state index is 13.6. The van der Waals surface area contributed by atoms with Crippen LogP contribution < -0.4 is 21.7 Å². The number of quaternary nitrogens is 1. The van der Waals surface area contributed by atoms with Crippen molar-refractivity contribution in [2.45, 2.75) is 65.0 Å². The van der Waals surface area contributed by atoms with Gasteiger partial charge in [0.05, 0.1) is 30.8 Å². The third kappa shape index (κ3) is 10.2. The van der Waals surface area contributed by atoms with Crippen LogP contribution >= 0.6 is 11.9 Å². The Balaban J connectivity index is 1.60. The first-order valence-corrected chi connectivity index (χ1v) is 16.3. The number of imide groups is 1. The van der Waals surface area contributed by atoms with Crippen molar-refractivity contribution in [3.63, 3.8) is 0 Å². The highest BCUT2D eigenvalue weighted by Gasteiger charge is 2.56. The number of unbranched alkanes of at least 4 members (excludes halogenated alkanes) is 1. The zero-order valence-electron chi connectivity index (χ0n) is 26.7. The van der Waals surface area contributed by atoms with Crippen molar-refractivity contribution in [2.75, 3.05) is 45.9 Å². The Kier molecular flexibility index (Phi) is 13.9. The van der Waals surface area contributed by atoms with Crippen LogP contribution in [0, 0.1) is 5.92 Å². The Morgan fingerprint density at radius 3 is 2.17 bits per heavy atom. The first-order valence-electron chi connectivity index (χ1n) is 15.6. The molecular weight excluding hydrogens is 616 g/mol. The molecule has 5 N–H and O–H groups in total. The lowest BCUT2D eigenvalue weighted by molar-refractivity contribution is -0.613. The summed E-state index contributed by atoms with van der Waals surface area (Å²) in [5.41, 5.74) is 5.69. The molecule has 1 unspecified atom stereocenters. The second kappa shape index (κ2) is 17.3. The number of benzene rings is 1. The highest BCUT2D eigenvalue weighted by Crippen LogP contribution is 2.39. The molecule has 2 atom stereocenters. The van der Waals surface area contributed by atoms with Gasteiger partial charge in [-0.15, -0.1) is 3.89 Å². The Labute approximate surface area is 273 Å². The topological polar surface area (TPSA) is 194 Å². The predicted octanol–water partition coefficient (Wildman–Crippen LogP) is 0.502. The molecule has 2 aliphatic rings. The van der Waals surface area contributed by atoms with E-state index in [0.29, 0.717) is 44.7 Å². The number of hydrogen-bond acceptors (Lipinski definition) is 10. The van der Waals surface area contributed by atoms with E-state index in [1.165, 1.54) is 19.1 Å². The normalized spacial score (nSPS) is 17.2. The number of carbonyl (C=O) groups excluding carboxylic acids is 7. The van der Waals surface area contributed by atoms with E-state index in [2.05, 4.69) is 20.9 Å². The second-order valence-electron chi connectivity index (χ2n) is 11.9. The fraction of sp³-hybridized carbons (Fsp3) is 0.581. The third-order valence-electron chi connectivity index (χ3n) is 7.71. The maximum absolute atomic E-state index is 13.6. The summed E-state index contributed by atoms with van der Waals surface area (Å²) in [6.45, 7) is 9.10. The summed E-state index contributed by atoms with van der Waals surface area (Å²) >= 11 is 0.475. The minimum absolute atomic E-state index is 0.0376. The molecular formula is C31H45N6O8S+. The lowest BCUT2D eigenvalue weighted by Crippen LogP contribution is -2.50. The molecule has 1 aromatic rings. The van der Waals surface area contributed by atoms with Gasteiger partial charge in [-0.3, -0.25) is 28.9 Å². The van der Waals surface area contributed by atoms with E-state index in [1.54, 1.807) is 12.1 Å². The number of amides is 6. The van der Waals surface area contributed by atoms with E-state index >= 15 is 0 Å². The lowest BCUT2D eigenvalue weighted by Gasteiger charge is -2.27. The van der Waals surface area contributed by atoms with Crippen molar-refractivity contribution in [2.24, 2.45) is 11.7 Å². The molecule has 2 aliphatic heterocycles. The van der Waals surface area contributed by atoms with E-state index in [9.17, 15) is 33.6 Å². The van der Waals surface area contributed by atoms with E-state index in [4.69, 9.17) is 10.5 Å². The highest BCUT2D eigenvalue weighted by atomic mass is 32.2. The lowest BCUT2D eigenvalue weighted by atomic mass is 10.0. The molecule has 3 rings (SSSR count). The summed E-state index contributed by atoms with van der Waals surface area (Å²) in [5.74, 6) is -3.09. The molecule has 252 valence electrons. The maximum Gasteiger partial charge on any atom is 0.366 e. The van der Waals surface area contributed by atoms with Gasteiger partial charge in [0.1, 0.15) is 18.6 Å². The molecule has 14 nitrogen and oxygen atoms in total. The third-order valence-corrected chi connectivity index (χ3v) is 8.91. The Hall–Kier alpha value is -3.66. The molecule has 0 bridgehead atoms. The Morgan fingerprint density at radius 2 is 1.61 bits per heavy atom. The average molecular weight is 662 g/mol. The van der Waals surface area contributed by atoms with Crippen LogP contribution in [0.3, 0.4) is 0 Å². The van der Waals surface area contributed by atoms with E-state index < -0.39 is 51.1 Å². The largest absolute Gasteiger partial charge is 0.379 e. The van der Waals surface area contributed by atoms with Crippen molar-refractivity contribution in [3.8, 4) is 0 Å². The van der Waals surface area contributed by atoms with Gasteiger partial charge < -0.3 is 26.4 Å². The number of rotatable bonds is 17. The number of primary amides is 1. The first kappa shape index (κ1) is 36.8. The van der Waals surface area contributed by atoms with Gasteiger partial charge in [-0.25, -0.2) is 9.59 Å². The Morgan fingerprint density at radius 1 is 0.978 bits per heavy atom. The summed E-state index contributed by atoms with van der Waals surface area (Å²) in [6.07, 6.45) is 0.492. The van der Waals surface area contributed by atoms with Crippen molar-refractivity contribution in [1.82, 2.24) is 20.9 Å². The summed E-state index contributed by atoms with van der Waals surface area (Å²) in [7, 11) is 0. The Bertz CT molecular complexity index is 1280. The van der Waals surface area contributed by atoms with Crippen LogP contribution in [0.1, 0.15) is 73.6 Å². The molecule has 0 aromatic heterocycles. The second-order valence-corrected chi connectivity index (χ2v) is 13.2. The molecule has 46 heavy (non-hydrogen) atoms. The summed E-state index contributed by atoms with van der Waals surface area (Å²) in [6, 6.07) is 4.26. The minimum atomic E-state index is -1.30. The standard InChI is InChI=1S/C31H44N6O8S/c1-20(2)18-25(29(42)33-11-12-36-13-16-45-17-14-36)35-26(39)10-6-7-15-37(30(43)22-8-4-5-9-23(22)31(37)44)46-27(40)19-24(28(32)41)34-21(3)38/h4-5,8-9,20,24-25H,6-7,10-19H2,1-3H3,(H4-,32,33,34,35,38,39,41,42)/p+1/t24?,25-/m0/s1. The van der Waals surface area contributed by atoms with Gasteiger partial charge in [-0.2, -0.15) is 0 Å². The molecule has 0 saturated carbocycles. The van der Waals surface area contributed by atoms with Gasteiger partial charge in [0.2, 0.25) is 28.7 Å². The number of morpholine rings is 1. The van der Waals surface area contributed by atoms with Gasteiger partial charge in [0, 0.05) is 39.5 Å². The van der Waals surface area contributed by atoms with E-state index in [0.717, 1.165) is 13.1 Å². The minimum Gasteiger partial charge on any atom is -0.379 e. The van der Waals surface area contributed by atoms with Crippen LogP contribution in [-0.2, 0) is 28.7 Å². The fourth-order valence-corrected chi connectivity index (χ4v) is 6.56. The fourth-order valence-electron chi connectivity index (χ4n) is 5.39. The van der Waals surface area contributed by atoms with Gasteiger partial charge in [0.15, 0.2) is 11.9 Å². The van der Waals surface area contributed by atoms with Gasteiger partial charge in [-0.05, 0) is 37.3 Å². The van der Waals surface area contributed by atoms with Gasteiger partial charge >= 0.3 is 11.8 Å². The van der Waals surface area contributed by atoms with E-state index in [1.807, 2.05) is 13.8 Å². The number of fused-ring (bicyclic) bond motifs is 1. The predicted molar refractivity (Wildman–Crippen MR) is 170 cm³/mol. The van der Waals surface area contributed by atoms with Gasteiger partial charge in [-0.1, -0.05) is 26.0 Å². The number of nitrogens with one attached hydrogen (secondary N) is 3. The molecule has 0 aliphatic carbocycles. The van der Waals surface area contributed by atoms with E-state index in [-0.39, 0.29) is 54.7 Å². The van der Waals surface area contributed by atoms with Crippen molar-refractivity contribution in [1.29, 1.82) is 0 Å². The van der Waals surface area contributed by atoms with Crippen LogP contribution in [0.2, 0.25) is 0 Å². The van der Waals surface area contributed by atoms with Crippen LogP contribution in [0.4, 0.5) is 0 Å². The van der Waals surface area contributed by atoms with Crippen molar-refractivity contribution >= 4 is 52.5 Å². The zero-order chi connectivity index (χ0) is 33.9. The smallest absolute Gasteiger partial charge is 0.366 e. The monoisotopic (exact) mass is 661 g/mol. The summed E-state index contributed by atoms with van der Waals surface area (Å²) < 4.78 is 4.45. The van der Waals surface area contributed by atoms with Gasteiger partial charge in [0.25, 0.3) is 0 Å². The molecule has 0 spiro atoms. The molecule has 1 fully saturated rings. The summed E-state index contributed by atoms with van der Waals surface area (Å²) in [5, 5.41) is 7.37. The quantitative estimate of drug-likeness (QED) is 0.0791. The molecule has 15 heteroatoms. The number of ether oxygens (including phenoxy) is 1.